The Morgan fingerprint density at radius 2 is 1.72 bits per heavy atom. The number of hydrogen-bond donors (Lipinski definition) is 0. The van der Waals surface area contributed by atoms with E-state index < -0.39 is 11.7 Å². The van der Waals surface area contributed by atoms with Gasteiger partial charge in [0.15, 0.2) is 0 Å². The first-order chi connectivity index (χ1) is 13.7. The number of benzene rings is 3. The zero-order chi connectivity index (χ0) is 20.8. The molecule has 4 aromatic rings. The fourth-order valence-corrected chi connectivity index (χ4v) is 3.81. The van der Waals surface area contributed by atoms with Gasteiger partial charge in [-0.25, -0.2) is 0 Å². The first-order valence-electron chi connectivity index (χ1n) is 9.13. The van der Waals surface area contributed by atoms with Gasteiger partial charge in [0.05, 0.1) is 17.8 Å². The van der Waals surface area contributed by atoms with Gasteiger partial charge in [-0.1, -0.05) is 59.6 Å². The summed E-state index contributed by atoms with van der Waals surface area (Å²) in [5.41, 5.74) is 3.75. The topological polar surface area (TPSA) is 17.8 Å². The lowest BCUT2D eigenvalue weighted by Gasteiger charge is -2.11. The molecular weight excluding hydrogens is 397 g/mol. The highest BCUT2D eigenvalue weighted by Gasteiger charge is 2.34. The van der Waals surface area contributed by atoms with Gasteiger partial charge in [-0.2, -0.15) is 18.3 Å². The van der Waals surface area contributed by atoms with Gasteiger partial charge in [0.2, 0.25) is 0 Å². The summed E-state index contributed by atoms with van der Waals surface area (Å²) in [4.78, 5) is 0. The molecule has 0 fully saturated rings. The highest BCUT2D eigenvalue weighted by atomic mass is 35.5. The zero-order valence-corrected chi connectivity index (χ0v) is 16.6. The maximum atomic E-state index is 13.6. The van der Waals surface area contributed by atoms with Crippen LogP contribution in [0.15, 0.2) is 60.7 Å². The van der Waals surface area contributed by atoms with Crippen LogP contribution in [0.4, 0.5) is 13.2 Å². The maximum absolute atomic E-state index is 13.6. The van der Waals surface area contributed by atoms with E-state index in [-0.39, 0.29) is 5.52 Å². The van der Waals surface area contributed by atoms with Crippen molar-refractivity contribution in [2.75, 3.05) is 0 Å². The first-order valence-corrected chi connectivity index (χ1v) is 9.50. The van der Waals surface area contributed by atoms with Crippen molar-refractivity contribution in [1.29, 1.82) is 0 Å². The van der Waals surface area contributed by atoms with Crippen LogP contribution >= 0.6 is 11.6 Å². The van der Waals surface area contributed by atoms with Gasteiger partial charge in [0.1, 0.15) is 5.52 Å². The first kappa shape index (κ1) is 19.5. The molecule has 148 valence electrons. The highest BCUT2D eigenvalue weighted by molar-refractivity contribution is 6.30. The average Bonchev–Trinajstić information content (AvgIpc) is 3.01. The van der Waals surface area contributed by atoms with Crippen LogP contribution in [0.25, 0.3) is 22.2 Å². The van der Waals surface area contributed by atoms with Crippen LogP contribution < -0.4 is 0 Å². The SMILES string of the molecule is Cc1ccc(Cn2nc3c(C(F)(F)F)cccc3c2-c2cccc(Cl)c2)c(C)c1. The van der Waals surface area contributed by atoms with Crippen LogP contribution in [0.5, 0.6) is 0 Å². The number of rotatable bonds is 3. The van der Waals surface area contributed by atoms with E-state index in [1.165, 1.54) is 6.07 Å². The molecule has 4 rings (SSSR count). The van der Waals surface area contributed by atoms with Crippen LogP contribution in [0.2, 0.25) is 5.02 Å². The summed E-state index contributed by atoms with van der Waals surface area (Å²) in [6, 6.07) is 17.3. The summed E-state index contributed by atoms with van der Waals surface area (Å²) in [5, 5.41) is 5.36. The predicted octanol–water partition coefficient (Wildman–Crippen LogP) is 7.04. The molecule has 0 N–H and O–H groups in total. The number of aromatic nitrogens is 2. The Morgan fingerprint density at radius 3 is 2.41 bits per heavy atom. The molecule has 0 aliphatic heterocycles. The molecule has 0 unspecified atom stereocenters. The van der Waals surface area contributed by atoms with Crippen molar-refractivity contribution in [1.82, 2.24) is 9.78 Å². The molecule has 0 atom stereocenters. The van der Waals surface area contributed by atoms with Gasteiger partial charge in [0.25, 0.3) is 0 Å². The molecule has 3 aromatic carbocycles. The van der Waals surface area contributed by atoms with E-state index in [2.05, 4.69) is 11.2 Å². The quantitative estimate of drug-likeness (QED) is 0.351. The monoisotopic (exact) mass is 414 g/mol. The van der Waals surface area contributed by atoms with E-state index in [1.807, 2.05) is 32.0 Å². The number of nitrogens with zero attached hydrogens (tertiary/aromatic N) is 2. The second-order valence-electron chi connectivity index (χ2n) is 7.15. The summed E-state index contributed by atoms with van der Waals surface area (Å²) in [6.07, 6.45) is -4.48. The fraction of sp³-hybridized carbons (Fsp3) is 0.174. The Balaban J connectivity index is 1.98. The van der Waals surface area contributed by atoms with Gasteiger partial charge in [-0.15, -0.1) is 0 Å². The molecule has 0 radical (unpaired) electrons. The Hall–Kier alpha value is -2.79. The number of alkyl halides is 3. The molecule has 2 nitrogen and oxygen atoms in total. The maximum Gasteiger partial charge on any atom is 0.418 e. The molecule has 6 heteroatoms. The third kappa shape index (κ3) is 3.75. The summed E-state index contributed by atoms with van der Waals surface area (Å²) in [5.74, 6) is 0. The largest absolute Gasteiger partial charge is 0.418 e. The van der Waals surface area contributed by atoms with Crippen molar-refractivity contribution in [3.63, 3.8) is 0 Å². The lowest BCUT2D eigenvalue weighted by Crippen LogP contribution is -2.07. The van der Waals surface area contributed by atoms with Gasteiger partial charge < -0.3 is 0 Å². The van der Waals surface area contributed by atoms with Gasteiger partial charge >= 0.3 is 6.18 Å². The molecule has 0 saturated carbocycles. The standard InChI is InChI=1S/C23H18ClF3N2/c1-14-9-10-17(15(2)11-14)13-29-22(16-5-3-6-18(24)12-16)19-7-4-8-20(21(19)28-29)23(25,26)27/h3-12H,13H2,1-2H3. The second-order valence-corrected chi connectivity index (χ2v) is 7.58. The molecule has 1 heterocycles. The average molecular weight is 415 g/mol. The lowest BCUT2D eigenvalue weighted by atomic mass is 10.0. The molecule has 0 bridgehead atoms. The Morgan fingerprint density at radius 1 is 0.966 bits per heavy atom. The molecule has 0 aliphatic rings. The molecule has 29 heavy (non-hydrogen) atoms. The molecule has 1 aromatic heterocycles. The summed E-state index contributed by atoms with van der Waals surface area (Å²) in [7, 11) is 0. The van der Waals surface area contributed by atoms with Crippen LogP contribution in [-0.2, 0) is 12.7 Å². The fourth-order valence-electron chi connectivity index (χ4n) is 3.62. The normalized spacial score (nSPS) is 11.9. The van der Waals surface area contributed by atoms with Crippen molar-refractivity contribution in [3.8, 4) is 11.3 Å². The van der Waals surface area contributed by atoms with E-state index in [4.69, 9.17) is 11.6 Å². The number of hydrogen-bond acceptors (Lipinski definition) is 1. The van der Waals surface area contributed by atoms with Crippen molar-refractivity contribution in [2.45, 2.75) is 26.6 Å². The number of halogens is 4. The van der Waals surface area contributed by atoms with Crippen LogP contribution in [0.3, 0.4) is 0 Å². The van der Waals surface area contributed by atoms with Crippen LogP contribution in [0.1, 0.15) is 22.3 Å². The highest BCUT2D eigenvalue weighted by Crippen LogP contribution is 2.38. The minimum absolute atomic E-state index is 0.0558. The van der Waals surface area contributed by atoms with Crippen molar-refractivity contribution in [3.05, 3.63) is 87.9 Å². The van der Waals surface area contributed by atoms with Crippen LogP contribution in [0, 0.1) is 13.8 Å². The van der Waals surface area contributed by atoms with Gasteiger partial charge in [0, 0.05) is 16.0 Å². The summed E-state index contributed by atoms with van der Waals surface area (Å²) >= 11 is 6.16. The van der Waals surface area contributed by atoms with Gasteiger partial charge in [-0.3, -0.25) is 4.68 Å². The van der Waals surface area contributed by atoms with Crippen molar-refractivity contribution < 1.29 is 13.2 Å². The minimum atomic E-state index is -4.48. The van der Waals surface area contributed by atoms with E-state index in [0.29, 0.717) is 22.6 Å². The lowest BCUT2D eigenvalue weighted by molar-refractivity contribution is -0.136. The van der Waals surface area contributed by atoms with Crippen molar-refractivity contribution >= 4 is 22.5 Å². The second kappa shape index (κ2) is 7.23. The summed E-state index contributed by atoms with van der Waals surface area (Å²) in [6.45, 7) is 4.36. The van der Waals surface area contributed by atoms with E-state index >= 15 is 0 Å². The Kier molecular flexibility index (Phi) is 4.87. The molecule has 0 amide bonds. The molecular formula is C23H18ClF3N2. The Bertz CT molecular complexity index is 1210. The van der Waals surface area contributed by atoms with E-state index in [9.17, 15) is 13.2 Å². The van der Waals surface area contributed by atoms with Crippen LogP contribution in [-0.4, -0.2) is 9.78 Å². The zero-order valence-electron chi connectivity index (χ0n) is 15.9. The smallest absolute Gasteiger partial charge is 0.259 e. The predicted molar refractivity (Wildman–Crippen MR) is 110 cm³/mol. The number of fused-ring (bicyclic) bond motifs is 1. The van der Waals surface area contributed by atoms with Gasteiger partial charge in [-0.05, 0) is 43.2 Å². The minimum Gasteiger partial charge on any atom is -0.259 e. The molecule has 0 saturated heterocycles. The third-order valence-corrected chi connectivity index (χ3v) is 5.23. The van der Waals surface area contributed by atoms with E-state index in [1.54, 1.807) is 28.9 Å². The third-order valence-electron chi connectivity index (χ3n) is 4.99. The summed E-state index contributed by atoms with van der Waals surface area (Å²) < 4.78 is 42.4. The Labute approximate surface area is 171 Å². The number of aryl methyl sites for hydroxylation is 2. The van der Waals surface area contributed by atoms with Crippen molar-refractivity contribution in [2.24, 2.45) is 0 Å². The molecule has 0 aliphatic carbocycles. The molecule has 0 spiro atoms. The van der Waals surface area contributed by atoms with E-state index in [0.717, 1.165) is 28.3 Å².